The Hall–Kier alpha value is -2.15. The number of amides is 1. The molecule has 0 saturated carbocycles. The monoisotopic (exact) mass is 337 g/mol. The summed E-state index contributed by atoms with van der Waals surface area (Å²) in [5.41, 5.74) is 0.732. The van der Waals surface area contributed by atoms with Crippen LogP contribution in [-0.2, 0) is 16.4 Å². The van der Waals surface area contributed by atoms with Crippen LogP contribution in [0.2, 0.25) is 0 Å². The molecule has 1 aliphatic heterocycles. The Balaban J connectivity index is 1.87. The first kappa shape index (κ1) is 15.7. The van der Waals surface area contributed by atoms with Crippen molar-refractivity contribution in [2.75, 3.05) is 11.5 Å². The molecule has 0 radical (unpaired) electrons. The average Bonchev–Trinajstić information content (AvgIpc) is 3.15. The molecule has 23 heavy (non-hydrogen) atoms. The molecule has 2 aromatic rings. The van der Waals surface area contributed by atoms with Crippen LogP contribution in [0.4, 0.5) is 4.39 Å². The van der Waals surface area contributed by atoms with Crippen molar-refractivity contribution in [1.82, 2.24) is 4.90 Å². The second-order valence-electron chi connectivity index (χ2n) is 5.59. The van der Waals surface area contributed by atoms with Crippen molar-refractivity contribution in [3.63, 3.8) is 0 Å². The third-order valence-corrected chi connectivity index (χ3v) is 5.66. The third-order valence-electron chi connectivity index (χ3n) is 3.91. The summed E-state index contributed by atoms with van der Waals surface area (Å²) in [7, 11) is -3.13. The number of carbonyl (C=O) groups excluding carboxylic acids is 1. The van der Waals surface area contributed by atoms with E-state index in [0.29, 0.717) is 6.42 Å². The van der Waals surface area contributed by atoms with Crippen molar-refractivity contribution < 1.29 is 22.0 Å². The molecule has 1 aliphatic rings. The molecule has 1 fully saturated rings. The van der Waals surface area contributed by atoms with E-state index in [1.165, 1.54) is 23.3 Å². The van der Waals surface area contributed by atoms with E-state index in [-0.39, 0.29) is 35.5 Å². The largest absolute Gasteiger partial charge is 0.459 e. The van der Waals surface area contributed by atoms with E-state index in [4.69, 9.17) is 4.42 Å². The molecule has 122 valence electrons. The fraction of sp³-hybridized carbons (Fsp3) is 0.312. The first-order valence-electron chi connectivity index (χ1n) is 7.24. The second kappa shape index (κ2) is 6.16. The highest BCUT2D eigenvalue weighted by molar-refractivity contribution is 7.91. The smallest absolute Gasteiger partial charge is 0.290 e. The van der Waals surface area contributed by atoms with Crippen molar-refractivity contribution >= 4 is 15.7 Å². The van der Waals surface area contributed by atoms with Crippen molar-refractivity contribution in [1.29, 1.82) is 0 Å². The highest BCUT2D eigenvalue weighted by atomic mass is 32.2. The minimum atomic E-state index is -3.13. The van der Waals surface area contributed by atoms with Gasteiger partial charge in [-0.05, 0) is 36.2 Å². The van der Waals surface area contributed by atoms with Crippen LogP contribution in [-0.4, -0.2) is 36.8 Å². The van der Waals surface area contributed by atoms with Crippen LogP contribution in [0.1, 0.15) is 22.5 Å². The molecule has 0 spiro atoms. The van der Waals surface area contributed by atoms with Gasteiger partial charge in [-0.15, -0.1) is 0 Å². The van der Waals surface area contributed by atoms with Crippen LogP contribution < -0.4 is 0 Å². The van der Waals surface area contributed by atoms with Crippen LogP contribution in [0, 0.1) is 5.82 Å². The fourth-order valence-corrected chi connectivity index (χ4v) is 4.45. The van der Waals surface area contributed by atoms with Crippen LogP contribution in [0.3, 0.4) is 0 Å². The van der Waals surface area contributed by atoms with Crippen LogP contribution in [0.25, 0.3) is 0 Å². The van der Waals surface area contributed by atoms with E-state index in [9.17, 15) is 17.6 Å². The summed E-state index contributed by atoms with van der Waals surface area (Å²) in [6, 6.07) is 8.55. The molecule has 1 aromatic heterocycles. The summed E-state index contributed by atoms with van der Waals surface area (Å²) in [6.07, 6.45) is 1.80. The molecule has 0 N–H and O–H groups in total. The zero-order valence-electron chi connectivity index (χ0n) is 12.3. The van der Waals surface area contributed by atoms with Gasteiger partial charge in [-0.1, -0.05) is 12.1 Å². The minimum Gasteiger partial charge on any atom is -0.459 e. The predicted octanol–water partition coefficient (Wildman–Crippen LogP) is 2.25. The Morgan fingerprint density at radius 1 is 1.26 bits per heavy atom. The first-order chi connectivity index (χ1) is 10.9. The van der Waals surface area contributed by atoms with E-state index < -0.39 is 15.9 Å². The Bertz CT molecular complexity index is 784. The number of benzene rings is 1. The molecule has 1 saturated heterocycles. The van der Waals surface area contributed by atoms with Crippen molar-refractivity contribution in [3.05, 3.63) is 59.8 Å². The van der Waals surface area contributed by atoms with Gasteiger partial charge in [-0.2, -0.15) is 0 Å². The van der Waals surface area contributed by atoms with E-state index in [0.717, 1.165) is 5.56 Å². The molecular formula is C16H16FNO4S. The lowest BCUT2D eigenvalue weighted by Gasteiger charge is -2.27. The lowest BCUT2D eigenvalue weighted by atomic mass is 10.1. The second-order valence-corrected chi connectivity index (χ2v) is 7.82. The molecular weight excluding hydrogens is 321 g/mol. The normalized spacial score (nSPS) is 19.6. The summed E-state index contributed by atoms with van der Waals surface area (Å²) in [5, 5.41) is 0. The molecule has 1 aromatic carbocycles. The van der Waals surface area contributed by atoms with Gasteiger partial charge in [0.05, 0.1) is 17.8 Å². The van der Waals surface area contributed by atoms with E-state index in [1.54, 1.807) is 24.3 Å². The standard InChI is InChI=1S/C16H16FNO4S/c17-13-5-3-12(4-6-13)10-18(14-7-9-23(20,21)11-14)16(19)15-2-1-8-22-15/h1-6,8,14H,7,9-11H2/t14-/m0/s1. The number of sulfone groups is 1. The summed E-state index contributed by atoms with van der Waals surface area (Å²) >= 11 is 0. The highest BCUT2D eigenvalue weighted by Crippen LogP contribution is 2.22. The highest BCUT2D eigenvalue weighted by Gasteiger charge is 2.35. The molecule has 7 heteroatoms. The van der Waals surface area contributed by atoms with E-state index in [2.05, 4.69) is 0 Å². The Labute approximate surface area is 133 Å². The topological polar surface area (TPSA) is 67.6 Å². The van der Waals surface area contributed by atoms with Crippen LogP contribution in [0.15, 0.2) is 47.1 Å². The molecule has 2 heterocycles. The van der Waals surface area contributed by atoms with Gasteiger partial charge in [-0.3, -0.25) is 4.79 Å². The molecule has 1 amide bonds. The van der Waals surface area contributed by atoms with Gasteiger partial charge in [-0.25, -0.2) is 12.8 Å². The summed E-state index contributed by atoms with van der Waals surface area (Å²) in [6.45, 7) is 0.208. The Kier molecular flexibility index (Phi) is 4.21. The van der Waals surface area contributed by atoms with Gasteiger partial charge < -0.3 is 9.32 Å². The number of halogens is 1. The zero-order chi connectivity index (χ0) is 16.4. The van der Waals surface area contributed by atoms with Crippen molar-refractivity contribution in [2.45, 2.75) is 19.0 Å². The number of hydrogen-bond donors (Lipinski definition) is 0. The van der Waals surface area contributed by atoms with E-state index in [1.807, 2.05) is 0 Å². The summed E-state index contributed by atoms with van der Waals surface area (Å²) in [4.78, 5) is 14.1. The maximum Gasteiger partial charge on any atom is 0.290 e. The fourth-order valence-electron chi connectivity index (χ4n) is 2.72. The lowest BCUT2D eigenvalue weighted by Crippen LogP contribution is -2.40. The molecule has 1 atom stereocenters. The maximum atomic E-state index is 13.0. The number of rotatable bonds is 4. The van der Waals surface area contributed by atoms with Gasteiger partial charge in [0.2, 0.25) is 0 Å². The number of furan rings is 1. The van der Waals surface area contributed by atoms with Gasteiger partial charge in [0.1, 0.15) is 5.82 Å². The van der Waals surface area contributed by atoms with Gasteiger partial charge in [0.15, 0.2) is 15.6 Å². The van der Waals surface area contributed by atoms with Gasteiger partial charge >= 0.3 is 0 Å². The van der Waals surface area contributed by atoms with Gasteiger partial charge in [0.25, 0.3) is 5.91 Å². The average molecular weight is 337 g/mol. The molecule has 0 unspecified atom stereocenters. The Morgan fingerprint density at radius 3 is 2.57 bits per heavy atom. The Morgan fingerprint density at radius 2 is 2.00 bits per heavy atom. The minimum absolute atomic E-state index is 0.0549. The molecule has 5 nitrogen and oxygen atoms in total. The van der Waals surface area contributed by atoms with E-state index >= 15 is 0 Å². The lowest BCUT2D eigenvalue weighted by molar-refractivity contribution is 0.0648. The summed E-state index contributed by atoms with van der Waals surface area (Å²) in [5.74, 6) is -0.539. The van der Waals surface area contributed by atoms with Crippen molar-refractivity contribution in [2.24, 2.45) is 0 Å². The molecule has 0 bridgehead atoms. The van der Waals surface area contributed by atoms with Crippen LogP contribution in [0.5, 0.6) is 0 Å². The number of carbonyl (C=O) groups is 1. The quantitative estimate of drug-likeness (QED) is 0.858. The van der Waals surface area contributed by atoms with Gasteiger partial charge in [0, 0.05) is 12.6 Å². The molecule has 3 rings (SSSR count). The zero-order valence-corrected chi connectivity index (χ0v) is 13.1. The summed E-state index contributed by atoms with van der Waals surface area (Å²) < 4.78 is 41.7. The van der Waals surface area contributed by atoms with Crippen molar-refractivity contribution in [3.8, 4) is 0 Å². The maximum absolute atomic E-state index is 13.0. The SMILES string of the molecule is O=C(c1ccco1)N(Cc1ccc(F)cc1)[C@H]1CCS(=O)(=O)C1. The first-order valence-corrected chi connectivity index (χ1v) is 9.06. The number of hydrogen-bond acceptors (Lipinski definition) is 4. The van der Waals surface area contributed by atoms with Crippen LogP contribution >= 0.6 is 0 Å². The molecule has 0 aliphatic carbocycles. The number of nitrogens with zero attached hydrogens (tertiary/aromatic N) is 1. The third kappa shape index (κ3) is 3.61. The predicted molar refractivity (Wildman–Crippen MR) is 82.0 cm³/mol.